The van der Waals surface area contributed by atoms with Crippen molar-refractivity contribution in [1.82, 2.24) is 0 Å². The molecular formula is C5H10O5. The van der Waals surface area contributed by atoms with E-state index < -0.39 is 18.5 Å². The lowest BCUT2D eigenvalue weighted by Crippen LogP contribution is -2.37. The van der Waals surface area contributed by atoms with E-state index in [1.165, 1.54) is 0 Å². The molecule has 0 rings (SSSR count). The lowest BCUT2D eigenvalue weighted by molar-refractivity contribution is -0.159. The normalized spacial score (nSPS) is 16.9. The molecule has 2 unspecified atom stereocenters. The second-order valence-corrected chi connectivity index (χ2v) is 1.87. The quantitative estimate of drug-likeness (QED) is 0.265. The Labute approximate surface area is 57.5 Å². The van der Waals surface area contributed by atoms with E-state index in [2.05, 4.69) is 0 Å². The van der Waals surface area contributed by atoms with Crippen LogP contribution in [-0.2, 0) is 4.79 Å². The minimum absolute atomic E-state index is 0.307. The summed E-state index contributed by atoms with van der Waals surface area (Å²) < 4.78 is 0. The van der Waals surface area contributed by atoms with Crippen molar-refractivity contribution in [3.63, 3.8) is 0 Å². The van der Waals surface area contributed by atoms with Crippen LogP contribution in [0.15, 0.2) is 0 Å². The van der Waals surface area contributed by atoms with E-state index in [4.69, 9.17) is 20.4 Å². The standard InChI is InChI=1S/C5H10O5/c6-2-1-3(7)4(8)5(9)10/h2-5,7-10H,1H2. The average Bonchev–Trinajstić information content (AvgIpc) is 1.87. The molecule has 0 aliphatic carbocycles. The van der Waals surface area contributed by atoms with Crippen molar-refractivity contribution in [1.29, 1.82) is 0 Å². The summed E-state index contributed by atoms with van der Waals surface area (Å²) in [6.45, 7) is 0. The minimum Gasteiger partial charge on any atom is -0.390 e. The molecule has 0 aromatic rings. The Morgan fingerprint density at radius 3 is 2.00 bits per heavy atom. The number of hydrogen-bond donors (Lipinski definition) is 4. The maximum atomic E-state index is 9.71. The van der Waals surface area contributed by atoms with Gasteiger partial charge >= 0.3 is 0 Å². The zero-order valence-corrected chi connectivity index (χ0v) is 5.21. The lowest BCUT2D eigenvalue weighted by atomic mass is 10.1. The molecule has 0 aliphatic heterocycles. The molecule has 0 saturated heterocycles. The number of hydrogen-bond acceptors (Lipinski definition) is 5. The molecule has 0 spiro atoms. The maximum absolute atomic E-state index is 9.71. The molecule has 4 N–H and O–H groups in total. The zero-order chi connectivity index (χ0) is 8.15. The Morgan fingerprint density at radius 1 is 1.20 bits per heavy atom. The van der Waals surface area contributed by atoms with E-state index in [9.17, 15) is 4.79 Å². The molecule has 60 valence electrons. The van der Waals surface area contributed by atoms with Gasteiger partial charge in [-0.05, 0) is 0 Å². The lowest BCUT2D eigenvalue weighted by Gasteiger charge is -2.16. The van der Waals surface area contributed by atoms with Gasteiger partial charge in [-0.1, -0.05) is 0 Å². The van der Waals surface area contributed by atoms with E-state index in [1.54, 1.807) is 0 Å². The van der Waals surface area contributed by atoms with Crippen LogP contribution >= 0.6 is 0 Å². The largest absolute Gasteiger partial charge is 0.390 e. The summed E-state index contributed by atoms with van der Waals surface area (Å²) >= 11 is 0. The van der Waals surface area contributed by atoms with E-state index >= 15 is 0 Å². The number of aldehydes is 1. The van der Waals surface area contributed by atoms with Gasteiger partial charge < -0.3 is 25.2 Å². The van der Waals surface area contributed by atoms with E-state index in [0.29, 0.717) is 6.29 Å². The van der Waals surface area contributed by atoms with Crippen LogP contribution in [0.5, 0.6) is 0 Å². The molecule has 0 heterocycles. The van der Waals surface area contributed by atoms with Gasteiger partial charge in [-0.2, -0.15) is 0 Å². The van der Waals surface area contributed by atoms with E-state index in [-0.39, 0.29) is 6.42 Å². The Morgan fingerprint density at radius 2 is 1.70 bits per heavy atom. The third kappa shape index (κ3) is 2.88. The molecule has 0 aromatic carbocycles. The summed E-state index contributed by atoms with van der Waals surface area (Å²) in [6, 6.07) is 0. The molecule has 0 fully saturated rings. The van der Waals surface area contributed by atoms with Crippen LogP contribution in [0.3, 0.4) is 0 Å². The van der Waals surface area contributed by atoms with Gasteiger partial charge in [-0.15, -0.1) is 0 Å². The first-order chi connectivity index (χ1) is 4.59. The highest BCUT2D eigenvalue weighted by molar-refractivity contribution is 5.50. The molecule has 10 heavy (non-hydrogen) atoms. The number of carbonyl (C=O) groups excluding carboxylic acids is 1. The highest BCUT2D eigenvalue weighted by Crippen LogP contribution is 1.99. The molecule has 5 nitrogen and oxygen atoms in total. The fourth-order valence-corrected chi connectivity index (χ4v) is 0.437. The minimum atomic E-state index is -2.00. The molecule has 0 bridgehead atoms. The summed E-state index contributed by atoms with van der Waals surface area (Å²) in [7, 11) is 0. The van der Waals surface area contributed by atoms with E-state index in [1.807, 2.05) is 0 Å². The van der Waals surface area contributed by atoms with Crippen LogP contribution in [-0.4, -0.2) is 45.2 Å². The van der Waals surface area contributed by atoms with Gasteiger partial charge in [-0.3, -0.25) is 0 Å². The Balaban J connectivity index is 3.68. The summed E-state index contributed by atoms with van der Waals surface area (Å²) in [6.07, 6.45) is -5.01. The Bertz CT molecular complexity index is 102. The van der Waals surface area contributed by atoms with Gasteiger partial charge in [0.05, 0.1) is 6.10 Å². The van der Waals surface area contributed by atoms with Crippen LogP contribution < -0.4 is 0 Å². The van der Waals surface area contributed by atoms with Crippen LogP contribution in [0, 0.1) is 0 Å². The topological polar surface area (TPSA) is 98.0 Å². The molecule has 2 atom stereocenters. The number of carbonyl (C=O) groups is 1. The highest BCUT2D eigenvalue weighted by atomic mass is 16.5. The summed E-state index contributed by atoms with van der Waals surface area (Å²) in [4.78, 5) is 9.71. The Kier molecular flexibility index (Phi) is 4.13. The predicted molar refractivity (Wildman–Crippen MR) is 30.9 cm³/mol. The van der Waals surface area contributed by atoms with Crippen molar-refractivity contribution in [3.05, 3.63) is 0 Å². The molecule has 0 amide bonds. The molecule has 0 aromatic heterocycles. The summed E-state index contributed by atoms with van der Waals surface area (Å²) in [5, 5.41) is 33.8. The number of aliphatic hydroxyl groups is 4. The van der Waals surface area contributed by atoms with Gasteiger partial charge in [0.15, 0.2) is 6.29 Å². The predicted octanol–water partition coefficient (Wildman–Crippen LogP) is -2.39. The number of aliphatic hydroxyl groups excluding tert-OH is 3. The third-order valence-electron chi connectivity index (χ3n) is 1.04. The second-order valence-electron chi connectivity index (χ2n) is 1.87. The van der Waals surface area contributed by atoms with Crippen molar-refractivity contribution in [3.8, 4) is 0 Å². The van der Waals surface area contributed by atoms with Gasteiger partial charge in [0.1, 0.15) is 12.4 Å². The van der Waals surface area contributed by atoms with Crippen molar-refractivity contribution < 1.29 is 25.2 Å². The van der Waals surface area contributed by atoms with Crippen molar-refractivity contribution in [2.24, 2.45) is 0 Å². The van der Waals surface area contributed by atoms with E-state index in [0.717, 1.165) is 0 Å². The van der Waals surface area contributed by atoms with Crippen LogP contribution in [0.2, 0.25) is 0 Å². The summed E-state index contributed by atoms with van der Waals surface area (Å²) in [5.74, 6) is 0. The van der Waals surface area contributed by atoms with Crippen molar-refractivity contribution >= 4 is 6.29 Å². The first kappa shape index (κ1) is 9.51. The fraction of sp³-hybridized carbons (Fsp3) is 0.800. The summed E-state index contributed by atoms with van der Waals surface area (Å²) in [5.41, 5.74) is 0. The third-order valence-corrected chi connectivity index (χ3v) is 1.04. The van der Waals surface area contributed by atoms with Crippen molar-refractivity contribution in [2.45, 2.75) is 24.9 Å². The molecule has 5 heteroatoms. The van der Waals surface area contributed by atoms with Gasteiger partial charge in [0.25, 0.3) is 0 Å². The maximum Gasteiger partial charge on any atom is 0.180 e. The fourth-order valence-electron chi connectivity index (χ4n) is 0.437. The van der Waals surface area contributed by atoms with Crippen LogP contribution in [0.25, 0.3) is 0 Å². The SMILES string of the molecule is O=CCC(O)C(O)C(O)O. The zero-order valence-electron chi connectivity index (χ0n) is 5.21. The first-order valence-corrected chi connectivity index (χ1v) is 2.75. The van der Waals surface area contributed by atoms with Gasteiger partial charge in [-0.25, -0.2) is 0 Å². The first-order valence-electron chi connectivity index (χ1n) is 2.75. The molecule has 0 radical (unpaired) electrons. The van der Waals surface area contributed by atoms with Crippen LogP contribution in [0.1, 0.15) is 6.42 Å². The Hall–Kier alpha value is -0.490. The smallest absolute Gasteiger partial charge is 0.180 e. The number of rotatable bonds is 4. The molecule has 0 aliphatic rings. The van der Waals surface area contributed by atoms with Gasteiger partial charge in [0.2, 0.25) is 0 Å². The van der Waals surface area contributed by atoms with Gasteiger partial charge in [0, 0.05) is 6.42 Å². The second kappa shape index (κ2) is 4.35. The average molecular weight is 150 g/mol. The monoisotopic (exact) mass is 150 g/mol. The van der Waals surface area contributed by atoms with Crippen molar-refractivity contribution in [2.75, 3.05) is 0 Å². The van der Waals surface area contributed by atoms with Crippen LogP contribution in [0.4, 0.5) is 0 Å². The molecular weight excluding hydrogens is 140 g/mol. The highest BCUT2D eigenvalue weighted by Gasteiger charge is 2.21. The molecule has 0 saturated carbocycles.